The molecule has 3 aliphatic carbocycles. The Morgan fingerprint density at radius 3 is 2.68 bits per heavy atom. The summed E-state index contributed by atoms with van der Waals surface area (Å²) in [5.41, 5.74) is 1.74. The van der Waals surface area contributed by atoms with Crippen molar-refractivity contribution in [2.24, 2.45) is 23.2 Å². The van der Waals surface area contributed by atoms with Crippen molar-refractivity contribution in [3.63, 3.8) is 0 Å². The third-order valence-electron chi connectivity index (χ3n) is 7.60. The minimum absolute atomic E-state index is 0.262. The first-order chi connectivity index (χ1) is 14.7. The van der Waals surface area contributed by atoms with Crippen LogP contribution in [0.1, 0.15) is 52.1 Å². The summed E-state index contributed by atoms with van der Waals surface area (Å²) in [5, 5.41) is 10.7. The van der Waals surface area contributed by atoms with E-state index in [0.29, 0.717) is 40.0 Å². The first kappa shape index (κ1) is 22.0. The van der Waals surface area contributed by atoms with Gasteiger partial charge in [-0.15, -0.1) is 0 Å². The van der Waals surface area contributed by atoms with Crippen LogP contribution in [0, 0.1) is 23.2 Å². The third kappa shape index (κ3) is 4.02. The Morgan fingerprint density at radius 1 is 1.32 bits per heavy atom. The Kier molecular flexibility index (Phi) is 5.94. The largest absolute Gasteiger partial charge is 0.380 e. The summed E-state index contributed by atoms with van der Waals surface area (Å²) < 4.78 is 1.64. The molecule has 1 unspecified atom stereocenters. The molecule has 3 fully saturated rings. The zero-order valence-electron chi connectivity index (χ0n) is 18.4. The predicted octanol–water partition coefficient (Wildman–Crippen LogP) is 3.76. The number of amides is 1. The number of nitrogens with zero attached hydrogens (tertiary/aromatic N) is 3. The lowest BCUT2D eigenvalue weighted by Crippen LogP contribution is -2.58. The fourth-order valence-corrected chi connectivity index (χ4v) is 5.71. The van der Waals surface area contributed by atoms with Crippen molar-refractivity contribution in [2.75, 3.05) is 5.32 Å². The Hall–Kier alpha value is -2.22. The molecular weight excluding hydrogens is 458 g/mol. The molecule has 2 aromatic heterocycles. The summed E-state index contributed by atoms with van der Waals surface area (Å²) in [6.07, 6.45) is 7.42. The standard InChI is InChI=1S/C23H30BrN5O2/c1-13-17-9-16(23(17,3)4)10-18(13)28-19-12-27-29(22(31)20(19)24)14(2)21(30)26-11-15-5-7-25-8-6-15/h5-8,12-14,16-18,28H,9-11H2,1-4H3,(H,26,30)/t13-,14?,16-,17+,18-/m1/s1. The van der Waals surface area contributed by atoms with Crippen molar-refractivity contribution in [3.8, 4) is 0 Å². The van der Waals surface area contributed by atoms with Gasteiger partial charge in [-0.25, -0.2) is 4.68 Å². The highest BCUT2D eigenvalue weighted by Crippen LogP contribution is 2.61. The summed E-state index contributed by atoms with van der Waals surface area (Å²) in [6, 6.07) is 3.28. The fraction of sp³-hybridized carbons (Fsp3) is 0.565. The summed E-state index contributed by atoms with van der Waals surface area (Å²) >= 11 is 3.45. The van der Waals surface area contributed by atoms with Crippen LogP contribution in [0.4, 0.5) is 5.69 Å². The molecule has 8 heteroatoms. The van der Waals surface area contributed by atoms with E-state index in [1.807, 2.05) is 12.1 Å². The molecule has 2 aromatic rings. The van der Waals surface area contributed by atoms with E-state index in [-0.39, 0.29) is 11.5 Å². The lowest BCUT2D eigenvalue weighted by atomic mass is 9.45. The van der Waals surface area contributed by atoms with Gasteiger partial charge in [0.05, 0.1) is 11.9 Å². The zero-order chi connectivity index (χ0) is 22.3. The molecule has 2 heterocycles. The molecule has 2 bridgehead atoms. The molecule has 1 amide bonds. The molecule has 0 spiro atoms. The molecular formula is C23H30BrN5O2. The highest BCUT2D eigenvalue weighted by molar-refractivity contribution is 9.10. The van der Waals surface area contributed by atoms with E-state index in [4.69, 9.17) is 0 Å². The number of fused-ring (bicyclic) bond motifs is 2. The highest BCUT2D eigenvalue weighted by atomic mass is 79.9. The van der Waals surface area contributed by atoms with E-state index in [2.05, 4.69) is 57.4 Å². The molecule has 7 nitrogen and oxygen atoms in total. The van der Waals surface area contributed by atoms with Crippen molar-refractivity contribution < 1.29 is 4.79 Å². The second-order valence-corrected chi connectivity index (χ2v) is 10.4. The molecule has 0 aliphatic heterocycles. The van der Waals surface area contributed by atoms with E-state index < -0.39 is 6.04 Å². The van der Waals surface area contributed by atoms with Gasteiger partial charge >= 0.3 is 0 Å². The number of hydrogen-bond acceptors (Lipinski definition) is 5. The maximum atomic E-state index is 12.9. The smallest absolute Gasteiger partial charge is 0.283 e. The van der Waals surface area contributed by atoms with Crippen LogP contribution in [0.15, 0.2) is 40.0 Å². The molecule has 3 saturated carbocycles. The van der Waals surface area contributed by atoms with E-state index in [1.165, 1.54) is 11.1 Å². The molecule has 0 radical (unpaired) electrons. The minimum Gasteiger partial charge on any atom is -0.380 e. The molecule has 0 aromatic carbocycles. The van der Waals surface area contributed by atoms with Gasteiger partial charge in [0.15, 0.2) is 0 Å². The Bertz CT molecular complexity index is 1020. The maximum absolute atomic E-state index is 12.9. The summed E-state index contributed by atoms with van der Waals surface area (Å²) in [5.74, 6) is 1.71. The molecule has 0 saturated heterocycles. The van der Waals surface area contributed by atoms with Crippen LogP contribution >= 0.6 is 15.9 Å². The average molecular weight is 488 g/mol. The van der Waals surface area contributed by atoms with E-state index in [9.17, 15) is 9.59 Å². The first-order valence-corrected chi connectivity index (χ1v) is 11.7. The molecule has 5 atom stereocenters. The van der Waals surface area contributed by atoms with Gasteiger partial charge in [0, 0.05) is 25.0 Å². The Labute approximate surface area is 191 Å². The molecule has 2 N–H and O–H groups in total. The number of carbonyl (C=O) groups is 1. The predicted molar refractivity (Wildman–Crippen MR) is 124 cm³/mol. The number of nitrogens with one attached hydrogen (secondary N) is 2. The number of anilines is 1. The minimum atomic E-state index is -0.721. The monoisotopic (exact) mass is 487 g/mol. The molecule has 166 valence electrons. The number of halogens is 1. The summed E-state index contributed by atoms with van der Waals surface area (Å²) in [7, 11) is 0. The fourth-order valence-electron chi connectivity index (χ4n) is 5.31. The summed E-state index contributed by atoms with van der Waals surface area (Å²) in [6.45, 7) is 9.10. The highest BCUT2D eigenvalue weighted by Gasteiger charge is 2.56. The van der Waals surface area contributed by atoms with Crippen molar-refractivity contribution in [1.82, 2.24) is 20.1 Å². The lowest BCUT2D eigenvalue weighted by molar-refractivity contribution is -0.124. The van der Waals surface area contributed by atoms with Gasteiger partial charge in [-0.05, 0) is 76.6 Å². The number of hydrogen-bond donors (Lipinski definition) is 2. The van der Waals surface area contributed by atoms with E-state index >= 15 is 0 Å². The van der Waals surface area contributed by atoms with Gasteiger partial charge in [0.2, 0.25) is 5.91 Å². The van der Waals surface area contributed by atoms with E-state index in [1.54, 1.807) is 25.5 Å². The SMILES string of the molecule is CC(C(=O)NCc1ccncc1)n1ncc(N[C@@H]2C[C@H]3C[C@@H]([C@H]2C)C3(C)C)c(Br)c1=O. The van der Waals surface area contributed by atoms with Gasteiger partial charge in [0.25, 0.3) is 5.56 Å². The second-order valence-electron chi connectivity index (χ2n) is 9.58. The van der Waals surface area contributed by atoms with Crippen LogP contribution in [0.5, 0.6) is 0 Å². The summed E-state index contributed by atoms with van der Waals surface area (Å²) in [4.78, 5) is 29.5. The number of rotatable bonds is 6. The Balaban J connectivity index is 1.43. The normalized spacial score (nSPS) is 27.1. The van der Waals surface area contributed by atoms with Crippen LogP contribution in [0.3, 0.4) is 0 Å². The number of aromatic nitrogens is 3. The third-order valence-corrected chi connectivity index (χ3v) is 8.37. The number of carbonyl (C=O) groups excluding carboxylic acids is 1. The van der Waals surface area contributed by atoms with Crippen LogP contribution in [-0.4, -0.2) is 26.7 Å². The van der Waals surface area contributed by atoms with Gasteiger partial charge in [-0.2, -0.15) is 5.10 Å². The van der Waals surface area contributed by atoms with Crippen molar-refractivity contribution in [1.29, 1.82) is 0 Å². The van der Waals surface area contributed by atoms with Crippen molar-refractivity contribution in [3.05, 3.63) is 51.1 Å². The van der Waals surface area contributed by atoms with Gasteiger partial charge in [-0.3, -0.25) is 14.6 Å². The van der Waals surface area contributed by atoms with Gasteiger partial charge in [-0.1, -0.05) is 20.8 Å². The molecule has 31 heavy (non-hydrogen) atoms. The average Bonchev–Trinajstić information content (AvgIpc) is 2.76. The lowest BCUT2D eigenvalue weighted by Gasteiger charge is -2.62. The quantitative estimate of drug-likeness (QED) is 0.647. The van der Waals surface area contributed by atoms with Crippen LogP contribution in [-0.2, 0) is 11.3 Å². The van der Waals surface area contributed by atoms with Crippen LogP contribution < -0.4 is 16.2 Å². The topological polar surface area (TPSA) is 88.9 Å². The van der Waals surface area contributed by atoms with Crippen molar-refractivity contribution in [2.45, 2.75) is 59.2 Å². The molecule has 3 aliphatic rings. The molecule has 5 rings (SSSR count). The Morgan fingerprint density at radius 2 is 2.03 bits per heavy atom. The number of pyridine rings is 1. The van der Waals surface area contributed by atoms with E-state index in [0.717, 1.165) is 17.9 Å². The zero-order valence-corrected chi connectivity index (χ0v) is 20.0. The van der Waals surface area contributed by atoms with Crippen molar-refractivity contribution >= 4 is 27.5 Å². The van der Waals surface area contributed by atoms with Gasteiger partial charge < -0.3 is 10.6 Å². The first-order valence-electron chi connectivity index (χ1n) is 10.9. The maximum Gasteiger partial charge on any atom is 0.283 e. The second kappa shape index (κ2) is 8.37. The van der Waals surface area contributed by atoms with Gasteiger partial charge in [0.1, 0.15) is 10.5 Å². The van der Waals surface area contributed by atoms with Crippen LogP contribution in [0.2, 0.25) is 0 Å². The van der Waals surface area contributed by atoms with Crippen LogP contribution in [0.25, 0.3) is 0 Å².